The van der Waals surface area contributed by atoms with Gasteiger partial charge in [0.2, 0.25) is 0 Å². The highest BCUT2D eigenvalue weighted by atomic mass is 32.1. The summed E-state index contributed by atoms with van der Waals surface area (Å²) < 4.78 is 0. The fourth-order valence-corrected chi connectivity index (χ4v) is 1.98. The molecule has 0 amide bonds. The van der Waals surface area contributed by atoms with Gasteiger partial charge in [-0.1, -0.05) is 12.2 Å². The molecule has 1 rings (SSSR count). The van der Waals surface area contributed by atoms with Crippen molar-refractivity contribution in [2.24, 2.45) is 0 Å². The van der Waals surface area contributed by atoms with Gasteiger partial charge >= 0.3 is 0 Å². The average molecular weight is 207 g/mol. The van der Waals surface area contributed by atoms with Gasteiger partial charge in [-0.25, -0.2) is 0 Å². The van der Waals surface area contributed by atoms with Gasteiger partial charge in [-0.2, -0.15) is 0 Å². The lowest BCUT2D eigenvalue weighted by atomic mass is 10.4. The van der Waals surface area contributed by atoms with E-state index in [4.69, 9.17) is 0 Å². The molecule has 0 aliphatic rings. The molecule has 0 saturated carbocycles. The Labute approximate surface area is 88.2 Å². The third-order valence-electron chi connectivity index (χ3n) is 1.74. The summed E-state index contributed by atoms with van der Waals surface area (Å²) in [6.45, 7) is 8.93. The van der Waals surface area contributed by atoms with Crippen LogP contribution in [0.3, 0.4) is 0 Å². The van der Waals surface area contributed by atoms with Crippen molar-refractivity contribution >= 4 is 22.6 Å². The molecule has 0 fully saturated rings. The largest absolute Gasteiger partial charge is 0.356 e. The van der Waals surface area contributed by atoms with Crippen molar-refractivity contribution in [2.45, 2.75) is 0 Å². The Morgan fingerprint density at radius 1 is 1.29 bits per heavy atom. The normalized spacial score (nSPS) is 9.43. The molecule has 1 aromatic heterocycles. The van der Waals surface area contributed by atoms with Gasteiger partial charge in [0.15, 0.2) is 6.29 Å². The Bertz CT molecular complexity index is 320. The molecule has 0 bridgehead atoms. The molecule has 1 heterocycles. The Morgan fingerprint density at radius 3 is 2.36 bits per heavy atom. The first kappa shape index (κ1) is 10.7. The lowest BCUT2D eigenvalue weighted by Gasteiger charge is -2.18. The minimum atomic E-state index is 0.748. The van der Waals surface area contributed by atoms with Gasteiger partial charge < -0.3 is 4.90 Å². The zero-order valence-corrected chi connectivity index (χ0v) is 8.80. The fourth-order valence-electron chi connectivity index (χ4n) is 1.14. The summed E-state index contributed by atoms with van der Waals surface area (Å²) in [6, 6.07) is 3.77. The molecule has 3 heteroatoms. The zero-order chi connectivity index (χ0) is 10.4. The monoisotopic (exact) mass is 207 g/mol. The summed E-state index contributed by atoms with van der Waals surface area (Å²) >= 11 is 1.48. The smallest absolute Gasteiger partial charge is 0.160 e. The van der Waals surface area contributed by atoms with E-state index in [0.717, 1.165) is 29.3 Å². The highest BCUT2D eigenvalue weighted by Crippen LogP contribution is 2.24. The van der Waals surface area contributed by atoms with Gasteiger partial charge in [-0.3, -0.25) is 4.79 Å². The number of rotatable bonds is 6. The second kappa shape index (κ2) is 5.40. The Kier molecular flexibility index (Phi) is 4.13. The van der Waals surface area contributed by atoms with Crippen molar-refractivity contribution < 1.29 is 4.79 Å². The standard InChI is InChI=1S/C11H13NOS/c1-3-7-12(8-4-2)11-6-5-10(9-13)14-11/h3-6,9H,1-2,7-8H2. The zero-order valence-electron chi connectivity index (χ0n) is 7.98. The van der Waals surface area contributed by atoms with Crippen LogP contribution in [0, 0.1) is 0 Å². The van der Waals surface area contributed by atoms with E-state index in [1.807, 2.05) is 24.3 Å². The van der Waals surface area contributed by atoms with Gasteiger partial charge in [0.1, 0.15) is 0 Å². The molecule has 0 aliphatic heterocycles. The van der Waals surface area contributed by atoms with Crippen LogP contribution in [0.5, 0.6) is 0 Å². The summed E-state index contributed by atoms with van der Waals surface area (Å²) in [4.78, 5) is 13.4. The summed E-state index contributed by atoms with van der Waals surface area (Å²) in [5, 5.41) is 1.08. The molecule has 2 nitrogen and oxygen atoms in total. The fraction of sp³-hybridized carbons (Fsp3) is 0.182. The van der Waals surface area contributed by atoms with Crippen LogP contribution in [0.2, 0.25) is 0 Å². The van der Waals surface area contributed by atoms with Crippen LogP contribution < -0.4 is 4.90 Å². The minimum Gasteiger partial charge on any atom is -0.356 e. The molecule has 0 radical (unpaired) electrons. The highest BCUT2D eigenvalue weighted by Gasteiger charge is 2.05. The maximum absolute atomic E-state index is 10.5. The number of anilines is 1. The molecule has 0 spiro atoms. The number of carbonyl (C=O) groups excluding carboxylic acids is 1. The lowest BCUT2D eigenvalue weighted by molar-refractivity contribution is 0.112. The van der Waals surface area contributed by atoms with Crippen molar-refractivity contribution in [1.29, 1.82) is 0 Å². The van der Waals surface area contributed by atoms with Crippen LogP contribution in [0.4, 0.5) is 5.00 Å². The van der Waals surface area contributed by atoms with E-state index in [2.05, 4.69) is 18.1 Å². The van der Waals surface area contributed by atoms with Crippen molar-refractivity contribution in [3.8, 4) is 0 Å². The van der Waals surface area contributed by atoms with Gasteiger partial charge in [0.05, 0.1) is 9.88 Å². The van der Waals surface area contributed by atoms with E-state index < -0.39 is 0 Å². The summed E-state index contributed by atoms with van der Waals surface area (Å²) in [5.41, 5.74) is 0. The van der Waals surface area contributed by atoms with Crippen molar-refractivity contribution in [3.63, 3.8) is 0 Å². The molecular weight excluding hydrogens is 194 g/mol. The maximum atomic E-state index is 10.5. The van der Waals surface area contributed by atoms with E-state index in [1.165, 1.54) is 11.3 Å². The third kappa shape index (κ3) is 2.57. The van der Waals surface area contributed by atoms with Crippen molar-refractivity contribution in [2.75, 3.05) is 18.0 Å². The Hall–Kier alpha value is -1.35. The Balaban J connectivity index is 2.80. The average Bonchev–Trinajstić information content (AvgIpc) is 2.65. The predicted octanol–water partition coefficient (Wildman–Crippen LogP) is 2.74. The predicted molar refractivity (Wildman–Crippen MR) is 62.3 cm³/mol. The lowest BCUT2D eigenvalue weighted by Crippen LogP contribution is -2.21. The van der Waals surface area contributed by atoms with Gasteiger partial charge in [-0.05, 0) is 12.1 Å². The highest BCUT2D eigenvalue weighted by molar-refractivity contribution is 7.17. The van der Waals surface area contributed by atoms with Gasteiger partial charge in [0.25, 0.3) is 0 Å². The van der Waals surface area contributed by atoms with Crippen LogP contribution in [-0.4, -0.2) is 19.4 Å². The quantitative estimate of drug-likeness (QED) is 0.528. The molecule has 0 saturated heterocycles. The van der Waals surface area contributed by atoms with Crippen LogP contribution in [0.25, 0.3) is 0 Å². The molecule has 0 unspecified atom stereocenters. The first-order chi connectivity index (χ1) is 6.81. The van der Waals surface area contributed by atoms with E-state index in [-0.39, 0.29) is 0 Å². The number of nitrogens with zero attached hydrogens (tertiary/aromatic N) is 1. The van der Waals surface area contributed by atoms with Gasteiger partial charge in [-0.15, -0.1) is 24.5 Å². The maximum Gasteiger partial charge on any atom is 0.160 e. The van der Waals surface area contributed by atoms with Crippen LogP contribution in [0.1, 0.15) is 9.67 Å². The first-order valence-corrected chi connectivity index (χ1v) is 5.15. The topological polar surface area (TPSA) is 20.3 Å². The molecule has 1 aromatic rings. The first-order valence-electron chi connectivity index (χ1n) is 4.33. The van der Waals surface area contributed by atoms with Crippen LogP contribution in [0.15, 0.2) is 37.4 Å². The second-order valence-corrected chi connectivity index (χ2v) is 3.87. The summed E-state index contributed by atoms with van der Waals surface area (Å²) in [7, 11) is 0. The van der Waals surface area contributed by atoms with E-state index in [0.29, 0.717) is 0 Å². The second-order valence-electron chi connectivity index (χ2n) is 2.78. The molecule has 0 aliphatic carbocycles. The third-order valence-corrected chi connectivity index (χ3v) is 2.81. The van der Waals surface area contributed by atoms with Crippen molar-refractivity contribution in [3.05, 3.63) is 42.3 Å². The summed E-state index contributed by atoms with van der Waals surface area (Å²) in [6.07, 6.45) is 4.54. The number of carbonyl (C=O) groups is 1. The van der Waals surface area contributed by atoms with Gasteiger partial charge in [0, 0.05) is 13.1 Å². The number of aldehydes is 1. The van der Waals surface area contributed by atoms with Crippen molar-refractivity contribution in [1.82, 2.24) is 0 Å². The van der Waals surface area contributed by atoms with E-state index in [9.17, 15) is 4.79 Å². The minimum absolute atomic E-state index is 0.748. The number of hydrogen-bond acceptors (Lipinski definition) is 3. The molecule has 0 N–H and O–H groups in total. The number of thiophene rings is 1. The summed E-state index contributed by atoms with van der Waals surface area (Å²) in [5.74, 6) is 0. The van der Waals surface area contributed by atoms with Crippen LogP contribution in [-0.2, 0) is 0 Å². The SMILES string of the molecule is C=CCN(CC=C)c1ccc(C=O)s1. The van der Waals surface area contributed by atoms with E-state index in [1.54, 1.807) is 0 Å². The van der Waals surface area contributed by atoms with Crippen LogP contribution >= 0.6 is 11.3 Å². The van der Waals surface area contributed by atoms with E-state index >= 15 is 0 Å². The molecule has 14 heavy (non-hydrogen) atoms. The molecule has 0 atom stereocenters. The molecule has 0 aromatic carbocycles. The number of hydrogen-bond donors (Lipinski definition) is 0. The molecular formula is C11H13NOS. The molecule has 74 valence electrons. The Morgan fingerprint density at radius 2 is 1.93 bits per heavy atom.